The summed E-state index contributed by atoms with van der Waals surface area (Å²) in [6.45, 7) is 1.42. The summed E-state index contributed by atoms with van der Waals surface area (Å²) in [6.07, 6.45) is 1.47. The SMILES string of the molecule is CC(=O)c1onc2nc[nH]c12. The van der Waals surface area contributed by atoms with Crippen LogP contribution in [-0.4, -0.2) is 20.9 Å². The van der Waals surface area contributed by atoms with Gasteiger partial charge in [0.15, 0.2) is 5.78 Å². The van der Waals surface area contributed by atoms with Gasteiger partial charge in [-0.1, -0.05) is 5.16 Å². The van der Waals surface area contributed by atoms with Crippen LogP contribution in [0.25, 0.3) is 11.2 Å². The van der Waals surface area contributed by atoms with E-state index in [2.05, 4.69) is 15.1 Å². The van der Waals surface area contributed by atoms with Gasteiger partial charge in [-0.05, 0) is 0 Å². The van der Waals surface area contributed by atoms with Crippen LogP contribution in [0.3, 0.4) is 0 Å². The number of imidazole rings is 1. The number of aromatic nitrogens is 3. The van der Waals surface area contributed by atoms with E-state index in [0.717, 1.165) is 0 Å². The average Bonchev–Trinajstić information content (AvgIpc) is 2.41. The highest BCUT2D eigenvalue weighted by molar-refractivity contribution is 6.01. The predicted molar refractivity (Wildman–Crippen MR) is 36.2 cm³/mol. The van der Waals surface area contributed by atoms with Gasteiger partial charge in [-0.15, -0.1) is 0 Å². The van der Waals surface area contributed by atoms with Crippen LogP contribution < -0.4 is 0 Å². The van der Waals surface area contributed by atoms with E-state index in [1.807, 2.05) is 0 Å². The van der Waals surface area contributed by atoms with Gasteiger partial charge in [0.05, 0.1) is 6.33 Å². The second kappa shape index (κ2) is 1.91. The molecule has 2 aromatic heterocycles. The Morgan fingerprint density at radius 2 is 2.55 bits per heavy atom. The fourth-order valence-electron chi connectivity index (χ4n) is 0.898. The normalized spacial score (nSPS) is 10.6. The molecular formula is C6H5N3O2. The zero-order valence-electron chi connectivity index (χ0n) is 5.79. The Labute approximate surface area is 61.4 Å². The summed E-state index contributed by atoms with van der Waals surface area (Å²) in [7, 11) is 0. The summed E-state index contributed by atoms with van der Waals surface area (Å²) >= 11 is 0. The van der Waals surface area contributed by atoms with Crippen molar-refractivity contribution >= 4 is 16.9 Å². The highest BCUT2D eigenvalue weighted by Crippen LogP contribution is 2.13. The molecule has 0 aliphatic carbocycles. The predicted octanol–water partition coefficient (Wildman–Crippen LogP) is 0.753. The third kappa shape index (κ3) is 0.739. The van der Waals surface area contributed by atoms with E-state index < -0.39 is 0 Å². The minimum Gasteiger partial charge on any atom is -0.349 e. The molecule has 0 spiro atoms. The molecule has 0 radical (unpaired) electrons. The van der Waals surface area contributed by atoms with Gasteiger partial charge in [0.25, 0.3) is 0 Å². The van der Waals surface area contributed by atoms with Crippen molar-refractivity contribution in [3.63, 3.8) is 0 Å². The largest absolute Gasteiger partial charge is 0.349 e. The van der Waals surface area contributed by atoms with Crippen molar-refractivity contribution in [2.24, 2.45) is 0 Å². The molecule has 0 aliphatic rings. The minimum absolute atomic E-state index is 0.156. The van der Waals surface area contributed by atoms with Crippen LogP contribution in [-0.2, 0) is 0 Å². The highest BCUT2D eigenvalue weighted by atomic mass is 16.5. The lowest BCUT2D eigenvalue weighted by molar-refractivity contribution is 0.0980. The number of H-pyrrole nitrogens is 1. The number of rotatable bonds is 1. The molecule has 1 N–H and O–H groups in total. The molecular weight excluding hydrogens is 146 g/mol. The number of carbonyl (C=O) groups excluding carboxylic acids is 1. The maximum absolute atomic E-state index is 10.8. The van der Waals surface area contributed by atoms with E-state index in [0.29, 0.717) is 11.2 Å². The van der Waals surface area contributed by atoms with Crippen molar-refractivity contribution in [2.75, 3.05) is 0 Å². The second-order valence-corrected chi connectivity index (χ2v) is 2.17. The van der Waals surface area contributed by atoms with Gasteiger partial charge in [0, 0.05) is 6.92 Å². The van der Waals surface area contributed by atoms with Crippen LogP contribution in [0.15, 0.2) is 10.9 Å². The van der Waals surface area contributed by atoms with Crippen LogP contribution in [0.5, 0.6) is 0 Å². The Morgan fingerprint density at radius 1 is 1.73 bits per heavy atom. The summed E-state index contributed by atoms with van der Waals surface area (Å²) in [5.74, 6) is 0.0780. The molecule has 0 atom stereocenters. The molecule has 2 rings (SSSR count). The van der Waals surface area contributed by atoms with Crippen molar-refractivity contribution in [1.82, 2.24) is 15.1 Å². The molecule has 11 heavy (non-hydrogen) atoms. The van der Waals surface area contributed by atoms with Crippen LogP contribution in [0.1, 0.15) is 17.5 Å². The summed E-state index contributed by atoms with van der Waals surface area (Å²) in [5, 5.41) is 3.56. The average molecular weight is 151 g/mol. The lowest BCUT2D eigenvalue weighted by Gasteiger charge is -1.81. The topological polar surface area (TPSA) is 71.8 Å². The van der Waals surface area contributed by atoms with E-state index in [1.54, 1.807) is 0 Å². The first-order valence-electron chi connectivity index (χ1n) is 3.08. The van der Waals surface area contributed by atoms with Crippen LogP contribution >= 0.6 is 0 Å². The fraction of sp³-hybridized carbons (Fsp3) is 0.167. The van der Waals surface area contributed by atoms with E-state index in [9.17, 15) is 4.79 Å². The number of nitrogens with one attached hydrogen (secondary N) is 1. The zero-order valence-corrected chi connectivity index (χ0v) is 5.79. The maximum Gasteiger partial charge on any atom is 0.227 e. The monoisotopic (exact) mass is 151 g/mol. The Hall–Kier alpha value is -1.65. The Morgan fingerprint density at radius 3 is 3.27 bits per heavy atom. The van der Waals surface area contributed by atoms with Crippen LogP contribution in [0.4, 0.5) is 0 Å². The third-order valence-electron chi connectivity index (χ3n) is 1.39. The molecule has 0 saturated carbocycles. The Bertz CT molecular complexity index is 401. The van der Waals surface area contributed by atoms with Crippen molar-refractivity contribution in [1.29, 1.82) is 0 Å². The van der Waals surface area contributed by atoms with Gasteiger partial charge in [-0.25, -0.2) is 4.98 Å². The van der Waals surface area contributed by atoms with E-state index in [4.69, 9.17) is 4.52 Å². The number of nitrogens with zero attached hydrogens (tertiary/aromatic N) is 2. The van der Waals surface area contributed by atoms with Crippen LogP contribution in [0.2, 0.25) is 0 Å². The Balaban J connectivity index is 2.78. The molecule has 0 saturated heterocycles. The molecule has 56 valence electrons. The summed E-state index contributed by atoms with van der Waals surface area (Å²) in [4.78, 5) is 17.4. The van der Waals surface area contributed by atoms with Gasteiger partial charge in [-0.2, -0.15) is 0 Å². The molecule has 5 nitrogen and oxygen atoms in total. The minimum atomic E-state index is -0.156. The van der Waals surface area contributed by atoms with Crippen molar-refractivity contribution in [2.45, 2.75) is 6.92 Å². The number of carbonyl (C=O) groups is 1. The Kier molecular flexibility index (Phi) is 1.06. The fourth-order valence-corrected chi connectivity index (χ4v) is 0.898. The molecule has 5 heteroatoms. The standard InChI is InChI=1S/C6H5N3O2/c1-3(10)5-4-6(9-11-5)8-2-7-4/h2H,1H3,(H,7,8,9). The quantitative estimate of drug-likeness (QED) is 0.610. The second-order valence-electron chi connectivity index (χ2n) is 2.17. The molecule has 0 aliphatic heterocycles. The van der Waals surface area contributed by atoms with Crippen molar-refractivity contribution in [3.8, 4) is 0 Å². The van der Waals surface area contributed by atoms with E-state index in [1.165, 1.54) is 13.3 Å². The van der Waals surface area contributed by atoms with Gasteiger partial charge in [0.1, 0.15) is 5.52 Å². The maximum atomic E-state index is 10.8. The lowest BCUT2D eigenvalue weighted by Crippen LogP contribution is -1.88. The van der Waals surface area contributed by atoms with Gasteiger partial charge in [0.2, 0.25) is 11.4 Å². The van der Waals surface area contributed by atoms with Crippen molar-refractivity contribution in [3.05, 3.63) is 12.1 Å². The van der Waals surface area contributed by atoms with Gasteiger partial charge < -0.3 is 9.51 Å². The van der Waals surface area contributed by atoms with Gasteiger partial charge >= 0.3 is 0 Å². The molecule has 0 fully saturated rings. The van der Waals surface area contributed by atoms with Gasteiger partial charge in [-0.3, -0.25) is 4.79 Å². The molecule has 0 bridgehead atoms. The number of Topliss-reactive ketones (excluding diaryl/α,β-unsaturated/α-hetero) is 1. The number of aromatic amines is 1. The molecule has 2 heterocycles. The first-order valence-corrected chi connectivity index (χ1v) is 3.08. The zero-order chi connectivity index (χ0) is 7.84. The summed E-state index contributed by atoms with van der Waals surface area (Å²) in [5.41, 5.74) is 1.01. The highest BCUT2D eigenvalue weighted by Gasteiger charge is 2.13. The molecule has 0 unspecified atom stereocenters. The lowest BCUT2D eigenvalue weighted by atomic mass is 10.3. The number of hydrogen-bond acceptors (Lipinski definition) is 4. The van der Waals surface area contributed by atoms with E-state index >= 15 is 0 Å². The number of hydrogen-bond donors (Lipinski definition) is 1. The number of ketones is 1. The first-order chi connectivity index (χ1) is 5.29. The molecule has 2 aromatic rings. The van der Waals surface area contributed by atoms with Crippen molar-refractivity contribution < 1.29 is 9.32 Å². The smallest absolute Gasteiger partial charge is 0.227 e. The molecule has 0 aromatic carbocycles. The van der Waals surface area contributed by atoms with Crippen LogP contribution in [0, 0.1) is 0 Å². The summed E-state index contributed by atoms with van der Waals surface area (Å²) in [6, 6.07) is 0. The summed E-state index contributed by atoms with van der Waals surface area (Å²) < 4.78 is 4.72. The first kappa shape index (κ1) is 6.09. The van der Waals surface area contributed by atoms with E-state index in [-0.39, 0.29) is 11.5 Å². The third-order valence-corrected chi connectivity index (χ3v) is 1.39. The number of fused-ring (bicyclic) bond motifs is 1. The molecule has 0 amide bonds.